The van der Waals surface area contributed by atoms with E-state index in [1.54, 1.807) is 7.11 Å². The van der Waals surface area contributed by atoms with Crippen molar-refractivity contribution < 1.29 is 19.3 Å². The number of aliphatic hydroxyl groups excluding tert-OH is 1. The fourth-order valence-corrected chi connectivity index (χ4v) is 1.98. The maximum absolute atomic E-state index is 9.34. The summed E-state index contributed by atoms with van der Waals surface area (Å²) in [6, 6.07) is 3.73. The predicted octanol–water partition coefficient (Wildman–Crippen LogP) is 2.04. The van der Waals surface area contributed by atoms with E-state index in [0.29, 0.717) is 5.75 Å². The van der Waals surface area contributed by atoms with E-state index in [1.165, 1.54) is 0 Å². The summed E-state index contributed by atoms with van der Waals surface area (Å²) in [7, 11) is 1.56. The second kappa shape index (κ2) is 5.42. The van der Waals surface area contributed by atoms with Crippen LogP contribution >= 0.6 is 0 Å². The summed E-state index contributed by atoms with van der Waals surface area (Å²) in [5.74, 6) is 1.40. The number of methoxy groups -OCH3 is 1. The second-order valence-corrected chi connectivity index (χ2v) is 4.43. The molecule has 0 aliphatic carbocycles. The maximum Gasteiger partial charge on any atom is 0.188 e. The first-order chi connectivity index (χ1) is 8.65. The van der Waals surface area contributed by atoms with Gasteiger partial charge in [0.05, 0.1) is 6.61 Å². The SMILES string of the molecule is C=C(C)C1Cc2cc(CO)c(OCOC)cc2O1. The Kier molecular flexibility index (Phi) is 3.89. The van der Waals surface area contributed by atoms with Crippen LogP contribution in [0.1, 0.15) is 18.1 Å². The zero-order valence-electron chi connectivity index (χ0n) is 10.7. The van der Waals surface area contributed by atoms with Crippen molar-refractivity contribution in [3.63, 3.8) is 0 Å². The maximum atomic E-state index is 9.34. The molecular formula is C14H18O4. The molecular weight excluding hydrogens is 232 g/mol. The Bertz CT molecular complexity index is 453. The highest BCUT2D eigenvalue weighted by molar-refractivity contribution is 5.49. The lowest BCUT2D eigenvalue weighted by molar-refractivity contribution is 0.0493. The molecule has 1 N–H and O–H groups in total. The molecule has 4 nitrogen and oxygen atoms in total. The van der Waals surface area contributed by atoms with Crippen molar-refractivity contribution in [2.75, 3.05) is 13.9 Å². The van der Waals surface area contributed by atoms with E-state index in [1.807, 2.05) is 19.1 Å². The van der Waals surface area contributed by atoms with Gasteiger partial charge in [-0.1, -0.05) is 6.58 Å². The van der Waals surface area contributed by atoms with Gasteiger partial charge in [0.1, 0.15) is 17.6 Å². The molecule has 0 saturated heterocycles. The van der Waals surface area contributed by atoms with Crippen LogP contribution in [0.25, 0.3) is 0 Å². The number of aliphatic hydroxyl groups is 1. The van der Waals surface area contributed by atoms with Gasteiger partial charge in [0.15, 0.2) is 6.79 Å². The number of rotatable bonds is 5. The molecule has 1 atom stereocenters. The fourth-order valence-electron chi connectivity index (χ4n) is 1.98. The van der Waals surface area contributed by atoms with E-state index in [4.69, 9.17) is 14.2 Å². The van der Waals surface area contributed by atoms with Crippen LogP contribution in [0.2, 0.25) is 0 Å². The second-order valence-electron chi connectivity index (χ2n) is 4.43. The molecule has 1 unspecified atom stereocenters. The highest BCUT2D eigenvalue weighted by Crippen LogP contribution is 2.36. The molecule has 1 aromatic rings. The number of benzene rings is 1. The average Bonchev–Trinajstić information content (AvgIpc) is 2.77. The molecule has 1 heterocycles. The van der Waals surface area contributed by atoms with E-state index >= 15 is 0 Å². The molecule has 2 rings (SSSR count). The molecule has 0 aromatic heterocycles. The molecule has 0 spiro atoms. The minimum atomic E-state index is -0.0654. The number of fused-ring (bicyclic) bond motifs is 1. The lowest BCUT2D eigenvalue weighted by atomic mass is 10.0. The molecule has 98 valence electrons. The lowest BCUT2D eigenvalue weighted by Gasteiger charge is -2.12. The molecule has 1 aromatic carbocycles. The van der Waals surface area contributed by atoms with Gasteiger partial charge in [-0.3, -0.25) is 0 Å². The lowest BCUT2D eigenvalue weighted by Crippen LogP contribution is -2.13. The molecule has 1 aliphatic rings. The summed E-state index contributed by atoms with van der Waals surface area (Å²) in [5, 5.41) is 9.34. The van der Waals surface area contributed by atoms with Crippen molar-refractivity contribution in [3.05, 3.63) is 35.4 Å². The van der Waals surface area contributed by atoms with Gasteiger partial charge in [-0.15, -0.1) is 0 Å². The van der Waals surface area contributed by atoms with Crippen molar-refractivity contribution in [3.8, 4) is 11.5 Å². The van der Waals surface area contributed by atoms with Crippen LogP contribution in [0.4, 0.5) is 0 Å². The molecule has 0 fully saturated rings. The highest BCUT2D eigenvalue weighted by atomic mass is 16.7. The largest absolute Gasteiger partial charge is 0.485 e. The Hall–Kier alpha value is -1.52. The van der Waals surface area contributed by atoms with Gasteiger partial charge in [-0.25, -0.2) is 0 Å². The normalized spacial score (nSPS) is 17.2. The summed E-state index contributed by atoms with van der Waals surface area (Å²) < 4.78 is 16.1. The topological polar surface area (TPSA) is 47.9 Å². The summed E-state index contributed by atoms with van der Waals surface area (Å²) in [6.07, 6.45) is 0.812. The van der Waals surface area contributed by atoms with Crippen LogP contribution in [-0.4, -0.2) is 25.1 Å². The number of ether oxygens (including phenoxy) is 3. The van der Waals surface area contributed by atoms with Crippen LogP contribution in [0.5, 0.6) is 11.5 Å². The Morgan fingerprint density at radius 2 is 2.33 bits per heavy atom. The zero-order valence-corrected chi connectivity index (χ0v) is 10.7. The van der Waals surface area contributed by atoms with Gasteiger partial charge < -0.3 is 19.3 Å². The fraction of sp³-hybridized carbons (Fsp3) is 0.429. The van der Waals surface area contributed by atoms with Crippen molar-refractivity contribution in [1.82, 2.24) is 0 Å². The molecule has 0 bridgehead atoms. The highest BCUT2D eigenvalue weighted by Gasteiger charge is 2.25. The van der Waals surface area contributed by atoms with Gasteiger partial charge >= 0.3 is 0 Å². The third-order valence-corrected chi connectivity index (χ3v) is 2.97. The van der Waals surface area contributed by atoms with Gasteiger partial charge in [0.25, 0.3) is 0 Å². The van der Waals surface area contributed by atoms with E-state index in [0.717, 1.165) is 28.9 Å². The molecule has 1 aliphatic heterocycles. The summed E-state index contributed by atoms with van der Waals surface area (Å²) >= 11 is 0. The monoisotopic (exact) mass is 250 g/mol. The van der Waals surface area contributed by atoms with Crippen molar-refractivity contribution in [2.24, 2.45) is 0 Å². The summed E-state index contributed by atoms with van der Waals surface area (Å²) in [4.78, 5) is 0. The summed E-state index contributed by atoms with van der Waals surface area (Å²) in [6.45, 7) is 5.94. The van der Waals surface area contributed by atoms with Crippen molar-refractivity contribution in [1.29, 1.82) is 0 Å². The van der Waals surface area contributed by atoms with Crippen LogP contribution in [0.3, 0.4) is 0 Å². The van der Waals surface area contributed by atoms with E-state index in [2.05, 4.69) is 6.58 Å². The van der Waals surface area contributed by atoms with Crippen molar-refractivity contribution >= 4 is 0 Å². The average molecular weight is 250 g/mol. The Labute approximate surface area is 107 Å². The first-order valence-electron chi connectivity index (χ1n) is 5.86. The summed E-state index contributed by atoms with van der Waals surface area (Å²) in [5.41, 5.74) is 2.82. The minimum absolute atomic E-state index is 0.0178. The first kappa shape index (κ1) is 12.9. The number of hydrogen-bond donors (Lipinski definition) is 1. The van der Waals surface area contributed by atoms with Gasteiger partial charge in [0, 0.05) is 25.2 Å². The van der Waals surface area contributed by atoms with Crippen LogP contribution in [0, 0.1) is 0 Å². The van der Waals surface area contributed by atoms with E-state index in [-0.39, 0.29) is 19.5 Å². The third kappa shape index (κ3) is 2.49. The Balaban J connectivity index is 2.26. The van der Waals surface area contributed by atoms with Crippen LogP contribution in [-0.2, 0) is 17.8 Å². The van der Waals surface area contributed by atoms with Crippen LogP contribution < -0.4 is 9.47 Å². The van der Waals surface area contributed by atoms with Crippen molar-refractivity contribution in [2.45, 2.75) is 26.1 Å². The Morgan fingerprint density at radius 3 is 2.94 bits per heavy atom. The quantitative estimate of drug-likeness (QED) is 0.641. The molecule has 0 amide bonds. The van der Waals surface area contributed by atoms with Gasteiger partial charge in [0.2, 0.25) is 0 Å². The third-order valence-electron chi connectivity index (χ3n) is 2.97. The zero-order chi connectivity index (χ0) is 13.1. The molecule has 18 heavy (non-hydrogen) atoms. The molecule has 0 radical (unpaired) electrons. The van der Waals surface area contributed by atoms with Gasteiger partial charge in [-0.05, 0) is 24.1 Å². The minimum Gasteiger partial charge on any atom is -0.485 e. The van der Waals surface area contributed by atoms with Crippen LogP contribution in [0.15, 0.2) is 24.3 Å². The standard InChI is InChI=1S/C14H18O4/c1-9(2)12-5-10-4-11(7-15)13(17-8-16-3)6-14(10)18-12/h4,6,12,15H,1,5,7-8H2,2-3H3. The van der Waals surface area contributed by atoms with E-state index in [9.17, 15) is 5.11 Å². The number of hydrogen-bond acceptors (Lipinski definition) is 4. The smallest absolute Gasteiger partial charge is 0.188 e. The predicted molar refractivity (Wildman–Crippen MR) is 67.8 cm³/mol. The molecule has 4 heteroatoms. The van der Waals surface area contributed by atoms with E-state index < -0.39 is 0 Å². The first-order valence-corrected chi connectivity index (χ1v) is 5.86. The Morgan fingerprint density at radius 1 is 1.56 bits per heavy atom. The van der Waals surface area contributed by atoms with Gasteiger partial charge in [-0.2, -0.15) is 0 Å². The molecule has 0 saturated carbocycles.